The Balaban J connectivity index is 1.39. The van der Waals surface area contributed by atoms with E-state index in [1.807, 2.05) is 54.3 Å². The number of likely N-dealkylation sites (tertiary alicyclic amines) is 2. The number of nitrogens with zero attached hydrogens (tertiary/aromatic N) is 6. The highest BCUT2D eigenvalue weighted by molar-refractivity contribution is 9.10. The second-order valence-corrected chi connectivity index (χ2v) is 10.2. The van der Waals surface area contributed by atoms with E-state index in [1.54, 1.807) is 11.6 Å². The van der Waals surface area contributed by atoms with Gasteiger partial charge in [0.2, 0.25) is 11.9 Å². The Bertz CT molecular complexity index is 1440. The maximum atomic E-state index is 13.4. The van der Waals surface area contributed by atoms with Crippen LogP contribution in [0.2, 0.25) is 0 Å². The first-order valence-electron chi connectivity index (χ1n) is 11.7. The van der Waals surface area contributed by atoms with Crippen molar-refractivity contribution in [1.29, 1.82) is 0 Å². The second-order valence-electron chi connectivity index (χ2n) is 9.31. The van der Waals surface area contributed by atoms with Crippen molar-refractivity contribution >= 4 is 44.3 Å². The molecule has 0 spiro atoms. The van der Waals surface area contributed by atoms with E-state index in [1.165, 1.54) is 0 Å². The number of rotatable bonds is 5. The summed E-state index contributed by atoms with van der Waals surface area (Å²) in [7, 11) is 3.77. The highest BCUT2D eigenvalue weighted by Crippen LogP contribution is 2.31. The summed E-state index contributed by atoms with van der Waals surface area (Å²) in [5, 5.41) is 8.98. The van der Waals surface area contributed by atoms with Gasteiger partial charge < -0.3 is 15.0 Å². The SMILES string of the molecule is COc1ccc(-c2nc3c4cccc(Br)c4nc(N[C@H](C)C(=O)N4C[C@H]5C[C@@H]4CN5C)n3n2)cc1. The molecule has 2 aromatic carbocycles. The molecule has 0 aliphatic carbocycles. The van der Waals surface area contributed by atoms with E-state index in [-0.39, 0.29) is 11.9 Å². The number of amides is 1. The number of anilines is 1. The number of halogens is 1. The number of benzene rings is 2. The van der Waals surface area contributed by atoms with Gasteiger partial charge in [-0.15, -0.1) is 5.10 Å². The molecule has 10 heteroatoms. The van der Waals surface area contributed by atoms with Crippen molar-refractivity contribution in [2.45, 2.75) is 31.5 Å². The Hall–Kier alpha value is -3.24. The Morgan fingerprint density at radius 3 is 2.63 bits per heavy atom. The fourth-order valence-corrected chi connectivity index (χ4v) is 5.65. The average molecular weight is 536 g/mol. The summed E-state index contributed by atoms with van der Waals surface area (Å²) in [4.78, 5) is 27.4. The lowest BCUT2D eigenvalue weighted by atomic mass is 10.2. The van der Waals surface area contributed by atoms with Crippen LogP contribution in [0.1, 0.15) is 13.3 Å². The van der Waals surface area contributed by atoms with Crippen molar-refractivity contribution < 1.29 is 9.53 Å². The van der Waals surface area contributed by atoms with Crippen molar-refractivity contribution in [3.63, 3.8) is 0 Å². The number of hydrogen-bond donors (Lipinski definition) is 1. The molecule has 2 aliphatic rings. The zero-order valence-electron chi connectivity index (χ0n) is 19.8. The van der Waals surface area contributed by atoms with Gasteiger partial charge in [-0.2, -0.15) is 4.52 Å². The van der Waals surface area contributed by atoms with Gasteiger partial charge in [0, 0.05) is 40.6 Å². The summed E-state index contributed by atoms with van der Waals surface area (Å²) in [6.07, 6.45) is 1.05. The quantitative estimate of drug-likeness (QED) is 0.418. The van der Waals surface area contributed by atoms with E-state index < -0.39 is 6.04 Å². The maximum absolute atomic E-state index is 13.4. The number of hydrogen-bond acceptors (Lipinski definition) is 7. The number of para-hydroxylation sites is 1. The van der Waals surface area contributed by atoms with Gasteiger partial charge in [-0.3, -0.25) is 9.69 Å². The number of fused-ring (bicyclic) bond motifs is 5. The van der Waals surface area contributed by atoms with Crippen molar-refractivity contribution in [2.75, 3.05) is 32.6 Å². The number of carbonyl (C=O) groups excluding carboxylic acids is 1. The molecule has 0 radical (unpaired) electrons. The third kappa shape index (κ3) is 3.71. The molecule has 6 rings (SSSR count). The van der Waals surface area contributed by atoms with Gasteiger partial charge in [0.15, 0.2) is 11.5 Å². The molecule has 1 amide bonds. The van der Waals surface area contributed by atoms with Crippen molar-refractivity contribution in [1.82, 2.24) is 29.4 Å². The number of nitrogens with one attached hydrogen (secondary N) is 1. The molecular weight excluding hydrogens is 510 g/mol. The Labute approximate surface area is 211 Å². The monoisotopic (exact) mass is 535 g/mol. The van der Waals surface area contributed by atoms with Crippen LogP contribution in [0, 0.1) is 0 Å². The Morgan fingerprint density at radius 2 is 1.94 bits per heavy atom. The predicted molar refractivity (Wildman–Crippen MR) is 138 cm³/mol. The number of methoxy groups -OCH3 is 1. The first kappa shape index (κ1) is 22.2. The standard InChI is InChI=1S/C25H26BrN7O2/c1-14(24(34)32-13-16-11-17(32)12-31(16)2)27-25-28-21-19(5-4-6-20(21)26)23-29-22(30-33(23)25)15-7-9-18(35-3)10-8-15/h4-10,14,16-17H,11-13H2,1-3H3,(H,27,28)/t14-,16-,17-/m1/s1. The number of ether oxygens (including phenoxy) is 1. The van der Waals surface area contributed by atoms with Crippen LogP contribution in [-0.2, 0) is 4.79 Å². The van der Waals surface area contributed by atoms with Crippen molar-refractivity contribution in [2.24, 2.45) is 0 Å². The molecule has 0 unspecified atom stereocenters. The molecular formula is C25H26BrN7O2. The summed E-state index contributed by atoms with van der Waals surface area (Å²) >= 11 is 3.62. The first-order chi connectivity index (χ1) is 16.9. The van der Waals surface area contributed by atoms with Crippen LogP contribution in [-0.4, -0.2) is 80.7 Å². The van der Waals surface area contributed by atoms with Gasteiger partial charge in [-0.05, 0) is 72.7 Å². The molecule has 1 N–H and O–H groups in total. The van der Waals surface area contributed by atoms with E-state index in [0.29, 0.717) is 23.5 Å². The van der Waals surface area contributed by atoms with Crippen molar-refractivity contribution in [3.8, 4) is 17.1 Å². The van der Waals surface area contributed by atoms with Crippen LogP contribution < -0.4 is 10.1 Å². The largest absolute Gasteiger partial charge is 0.497 e. The van der Waals surface area contributed by atoms with E-state index in [2.05, 4.69) is 33.2 Å². The summed E-state index contributed by atoms with van der Waals surface area (Å²) in [6.45, 7) is 3.60. The van der Waals surface area contributed by atoms with Crippen LogP contribution in [0.3, 0.4) is 0 Å². The Kier molecular flexibility index (Phi) is 5.37. The molecule has 9 nitrogen and oxygen atoms in total. The van der Waals surface area contributed by atoms with Gasteiger partial charge in [-0.25, -0.2) is 9.97 Å². The minimum absolute atomic E-state index is 0.0864. The third-order valence-corrected chi connectivity index (χ3v) is 7.75. The second kappa shape index (κ2) is 8.46. The predicted octanol–water partition coefficient (Wildman–Crippen LogP) is 3.43. The smallest absolute Gasteiger partial charge is 0.245 e. The van der Waals surface area contributed by atoms with Crippen LogP contribution >= 0.6 is 15.9 Å². The molecule has 2 fully saturated rings. The molecule has 35 heavy (non-hydrogen) atoms. The van der Waals surface area contributed by atoms with E-state index in [4.69, 9.17) is 19.8 Å². The van der Waals surface area contributed by atoms with Gasteiger partial charge in [0.25, 0.3) is 0 Å². The molecule has 4 heterocycles. The van der Waals surface area contributed by atoms with Crippen LogP contribution in [0.25, 0.3) is 27.9 Å². The molecule has 2 bridgehead atoms. The molecule has 2 aromatic heterocycles. The molecule has 2 saturated heterocycles. The average Bonchev–Trinajstić information content (AvgIpc) is 3.58. The highest BCUT2D eigenvalue weighted by atomic mass is 79.9. The lowest BCUT2D eigenvalue weighted by Gasteiger charge is -2.33. The molecule has 3 atom stereocenters. The number of aromatic nitrogens is 4. The first-order valence-corrected chi connectivity index (χ1v) is 12.5. The number of likely N-dealkylation sites (N-methyl/N-ethyl adjacent to an activating group) is 1. The van der Waals surface area contributed by atoms with Gasteiger partial charge >= 0.3 is 0 Å². The van der Waals surface area contributed by atoms with E-state index >= 15 is 0 Å². The highest BCUT2D eigenvalue weighted by Gasteiger charge is 2.44. The minimum Gasteiger partial charge on any atom is -0.497 e. The summed E-state index contributed by atoms with van der Waals surface area (Å²) in [5.74, 6) is 1.91. The summed E-state index contributed by atoms with van der Waals surface area (Å²) in [5.41, 5.74) is 2.30. The van der Waals surface area contributed by atoms with Gasteiger partial charge in [0.05, 0.1) is 12.6 Å². The fourth-order valence-electron chi connectivity index (χ4n) is 5.19. The molecule has 0 saturated carbocycles. The molecule has 2 aliphatic heterocycles. The normalized spacial score (nSPS) is 20.6. The maximum Gasteiger partial charge on any atom is 0.245 e. The number of carbonyl (C=O) groups is 1. The Morgan fingerprint density at radius 1 is 1.14 bits per heavy atom. The van der Waals surface area contributed by atoms with Gasteiger partial charge in [-0.1, -0.05) is 6.07 Å². The van der Waals surface area contributed by atoms with Gasteiger partial charge in [0.1, 0.15) is 11.8 Å². The van der Waals surface area contributed by atoms with E-state index in [0.717, 1.165) is 46.2 Å². The minimum atomic E-state index is -0.455. The van der Waals surface area contributed by atoms with Crippen molar-refractivity contribution in [3.05, 3.63) is 46.9 Å². The lowest BCUT2D eigenvalue weighted by molar-refractivity contribution is -0.133. The zero-order chi connectivity index (χ0) is 24.3. The topological polar surface area (TPSA) is 87.9 Å². The summed E-state index contributed by atoms with van der Waals surface area (Å²) < 4.78 is 7.83. The number of piperazine rings is 1. The fraction of sp³-hybridized carbons (Fsp3) is 0.360. The van der Waals surface area contributed by atoms with Crippen LogP contribution in [0.4, 0.5) is 5.95 Å². The lowest BCUT2D eigenvalue weighted by Crippen LogP contribution is -2.51. The molecule has 180 valence electrons. The third-order valence-electron chi connectivity index (χ3n) is 7.11. The summed E-state index contributed by atoms with van der Waals surface area (Å²) in [6, 6.07) is 13.8. The van der Waals surface area contributed by atoms with Crippen LogP contribution in [0.15, 0.2) is 46.9 Å². The van der Waals surface area contributed by atoms with E-state index in [9.17, 15) is 4.79 Å². The molecule has 4 aromatic rings. The zero-order valence-corrected chi connectivity index (χ0v) is 21.4. The van der Waals surface area contributed by atoms with Crippen LogP contribution in [0.5, 0.6) is 5.75 Å².